The van der Waals surface area contributed by atoms with Gasteiger partial charge in [0.05, 0.1) is 0 Å². The molecule has 1 saturated heterocycles. The van der Waals surface area contributed by atoms with E-state index in [1.54, 1.807) is 0 Å². The highest BCUT2D eigenvalue weighted by atomic mass is 35.5. The van der Waals surface area contributed by atoms with E-state index in [1.807, 2.05) is 0 Å². The number of halogens is 2. The van der Waals surface area contributed by atoms with Crippen LogP contribution in [0.2, 0.25) is 0 Å². The van der Waals surface area contributed by atoms with Crippen LogP contribution < -0.4 is 11.1 Å². The second-order valence-electron chi connectivity index (χ2n) is 7.72. The maximum Gasteiger partial charge on any atom is 0.220 e. The summed E-state index contributed by atoms with van der Waals surface area (Å²) < 4.78 is 0. The lowest BCUT2D eigenvalue weighted by Crippen LogP contribution is -2.43. The van der Waals surface area contributed by atoms with Gasteiger partial charge in [0.1, 0.15) is 0 Å². The van der Waals surface area contributed by atoms with Gasteiger partial charge < -0.3 is 11.1 Å². The molecule has 0 aromatic carbocycles. The van der Waals surface area contributed by atoms with E-state index in [1.165, 1.54) is 32.1 Å². The smallest absolute Gasteiger partial charge is 0.220 e. The molecule has 0 aromatic rings. The first-order chi connectivity index (χ1) is 10.1. The normalized spacial score (nSPS) is 30.2. The number of carbonyl (C=O) groups excluding carboxylic acids is 1. The van der Waals surface area contributed by atoms with E-state index in [2.05, 4.69) is 17.1 Å². The molecule has 23 heavy (non-hydrogen) atoms. The van der Waals surface area contributed by atoms with Gasteiger partial charge in [0.2, 0.25) is 5.91 Å². The minimum absolute atomic E-state index is 0. The maximum atomic E-state index is 12.4. The van der Waals surface area contributed by atoms with Gasteiger partial charge in [0.15, 0.2) is 0 Å². The third-order valence-electron chi connectivity index (χ3n) is 5.89. The Balaban J connectivity index is 0.00000132. The first-order valence-corrected chi connectivity index (χ1v) is 8.87. The number of hydrogen-bond donors (Lipinski definition) is 2. The Morgan fingerprint density at radius 1 is 1.22 bits per heavy atom. The summed E-state index contributed by atoms with van der Waals surface area (Å²) in [5.74, 6) is 0.234. The van der Waals surface area contributed by atoms with Crippen LogP contribution in [-0.2, 0) is 4.79 Å². The number of nitrogens with two attached hydrogens (primary N) is 1. The second-order valence-corrected chi connectivity index (χ2v) is 7.72. The number of rotatable bonds is 5. The van der Waals surface area contributed by atoms with Gasteiger partial charge in [0.25, 0.3) is 0 Å². The molecule has 1 amide bonds. The number of hydrogen-bond acceptors (Lipinski definition) is 3. The van der Waals surface area contributed by atoms with Crippen molar-refractivity contribution in [1.29, 1.82) is 0 Å². The minimum Gasteiger partial charge on any atom is -0.352 e. The molecule has 2 unspecified atom stereocenters. The molecule has 3 N–H and O–H groups in total. The SMILES string of the molecule is CC1CC(NC(=O)CC2(CN)CCCCC2)CN1C1CC1.Cl.Cl. The Morgan fingerprint density at radius 3 is 2.43 bits per heavy atom. The Hall–Kier alpha value is -0.0300. The zero-order chi connectivity index (χ0) is 14.9. The van der Waals surface area contributed by atoms with Gasteiger partial charge in [-0.3, -0.25) is 9.69 Å². The molecular formula is C17H33Cl2N3O. The number of carbonyl (C=O) groups is 1. The van der Waals surface area contributed by atoms with E-state index in [4.69, 9.17) is 5.73 Å². The van der Waals surface area contributed by atoms with Crippen molar-refractivity contribution in [3.63, 3.8) is 0 Å². The van der Waals surface area contributed by atoms with Crippen LogP contribution in [0.15, 0.2) is 0 Å². The molecule has 3 rings (SSSR count). The van der Waals surface area contributed by atoms with Crippen molar-refractivity contribution in [3.8, 4) is 0 Å². The molecule has 6 heteroatoms. The lowest BCUT2D eigenvalue weighted by Gasteiger charge is -2.36. The van der Waals surface area contributed by atoms with Gasteiger partial charge in [0, 0.05) is 31.1 Å². The van der Waals surface area contributed by atoms with Crippen LogP contribution in [0.4, 0.5) is 0 Å². The van der Waals surface area contributed by atoms with Crippen LogP contribution in [0.25, 0.3) is 0 Å². The van der Waals surface area contributed by atoms with Crippen molar-refractivity contribution < 1.29 is 4.79 Å². The Labute approximate surface area is 153 Å². The van der Waals surface area contributed by atoms with E-state index < -0.39 is 0 Å². The molecule has 1 heterocycles. The van der Waals surface area contributed by atoms with Gasteiger partial charge in [-0.1, -0.05) is 19.3 Å². The number of amides is 1. The van der Waals surface area contributed by atoms with Crippen LogP contribution in [0.1, 0.15) is 64.7 Å². The number of nitrogens with one attached hydrogen (secondary N) is 1. The summed E-state index contributed by atoms with van der Waals surface area (Å²) in [6.07, 6.45) is 10.5. The quantitative estimate of drug-likeness (QED) is 0.787. The second kappa shape index (κ2) is 8.89. The van der Waals surface area contributed by atoms with E-state index in [9.17, 15) is 4.79 Å². The topological polar surface area (TPSA) is 58.4 Å². The molecule has 3 fully saturated rings. The lowest BCUT2D eigenvalue weighted by molar-refractivity contribution is -0.124. The highest BCUT2D eigenvalue weighted by Gasteiger charge is 2.40. The Morgan fingerprint density at radius 2 is 1.87 bits per heavy atom. The van der Waals surface area contributed by atoms with Gasteiger partial charge in [-0.2, -0.15) is 0 Å². The van der Waals surface area contributed by atoms with E-state index in [0.29, 0.717) is 25.0 Å². The van der Waals surface area contributed by atoms with Gasteiger partial charge in [-0.25, -0.2) is 0 Å². The summed E-state index contributed by atoms with van der Waals surface area (Å²) in [4.78, 5) is 15.0. The van der Waals surface area contributed by atoms with Crippen LogP contribution >= 0.6 is 24.8 Å². The van der Waals surface area contributed by atoms with Crippen LogP contribution in [0.3, 0.4) is 0 Å². The lowest BCUT2D eigenvalue weighted by atomic mass is 9.71. The zero-order valence-electron chi connectivity index (χ0n) is 14.3. The fourth-order valence-electron chi connectivity index (χ4n) is 4.45. The summed E-state index contributed by atoms with van der Waals surface area (Å²) in [6, 6.07) is 1.78. The highest BCUT2D eigenvalue weighted by Crippen LogP contribution is 2.38. The fourth-order valence-corrected chi connectivity index (χ4v) is 4.45. The molecule has 0 radical (unpaired) electrons. The molecule has 1 aliphatic heterocycles. The van der Waals surface area contributed by atoms with Crippen LogP contribution in [0, 0.1) is 5.41 Å². The molecule has 3 aliphatic rings. The number of likely N-dealkylation sites (tertiary alicyclic amines) is 1. The average molecular weight is 366 g/mol. The molecule has 2 saturated carbocycles. The largest absolute Gasteiger partial charge is 0.352 e. The summed E-state index contributed by atoms with van der Waals surface area (Å²) in [5, 5.41) is 3.29. The standard InChI is InChI=1S/C17H31N3O.2ClH/c1-13-9-14(11-20(13)15-5-6-15)19-16(21)10-17(12-18)7-3-2-4-8-17;;/h13-15H,2-12,18H2,1H3,(H,19,21);2*1H. The van der Waals surface area contributed by atoms with Crippen LogP contribution in [-0.4, -0.2) is 42.0 Å². The van der Waals surface area contributed by atoms with Crippen molar-refractivity contribution in [2.24, 2.45) is 11.1 Å². The van der Waals surface area contributed by atoms with Crippen molar-refractivity contribution in [3.05, 3.63) is 0 Å². The first-order valence-electron chi connectivity index (χ1n) is 8.87. The van der Waals surface area contributed by atoms with Crippen molar-refractivity contribution in [2.75, 3.05) is 13.1 Å². The molecule has 0 bridgehead atoms. The van der Waals surface area contributed by atoms with Gasteiger partial charge >= 0.3 is 0 Å². The fraction of sp³-hybridized carbons (Fsp3) is 0.941. The number of nitrogens with zero attached hydrogens (tertiary/aromatic N) is 1. The van der Waals surface area contributed by atoms with Crippen LogP contribution in [0.5, 0.6) is 0 Å². The summed E-state index contributed by atoms with van der Waals surface area (Å²) in [7, 11) is 0. The monoisotopic (exact) mass is 365 g/mol. The Kier molecular flexibility index (Phi) is 8.12. The average Bonchev–Trinajstić information content (AvgIpc) is 3.24. The third kappa shape index (κ3) is 5.22. The van der Waals surface area contributed by atoms with Crippen molar-refractivity contribution >= 4 is 30.7 Å². The maximum absolute atomic E-state index is 12.4. The summed E-state index contributed by atoms with van der Waals surface area (Å²) >= 11 is 0. The molecule has 0 spiro atoms. The zero-order valence-corrected chi connectivity index (χ0v) is 15.9. The molecule has 2 aliphatic carbocycles. The molecule has 0 aromatic heterocycles. The third-order valence-corrected chi connectivity index (χ3v) is 5.89. The van der Waals surface area contributed by atoms with E-state index >= 15 is 0 Å². The van der Waals surface area contributed by atoms with Gasteiger partial charge in [-0.05, 0) is 51.0 Å². The molecule has 136 valence electrons. The predicted molar refractivity (Wildman–Crippen MR) is 99.4 cm³/mol. The van der Waals surface area contributed by atoms with E-state index in [0.717, 1.165) is 31.8 Å². The summed E-state index contributed by atoms with van der Waals surface area (Å²) in [5.41, 5.74) is 6.08. The molecule has 4 nitrogen and oxygen atoms in total. The minimum atomic E-state index is 0. The first kappa shape index (κ1) is 21.0. The van der Waals surface area contributed by atoms with E-state index in [-0.39, 0.29) is 36.1 Å². The highest BCUT2D eigenvalue weighted by molar-refractivity contribution is 5.85. The molecular weight excluding hydrogens is 333 g/mol. The van der Waals surface area contributed by atoms with Gasteiger partial charge in [-0.15, -0.1) is 24.8 Å². The van der Waals surface area contributed by atoms with Crippen molar-refractivity contribution in [2.45, 2.75) is 82.8 Å². The predicted octanol–water partition coefficient (Wildman–Crippen LogP) is 2.87. The molecule has 2 atom stereocenters. The Bertz CT molecular complexity index is 384. The van der Waals surface area contributed by atoms with Crippen molar-refractivity contribution in [1.82, 2.24) is 10.2 Å². The summed E-state index contributed by atoms with van der Waals surface area (Å²) in [6.45, 7) is 4.01.